The topological polar surface area (TPSA) is 69.6 Å². The molecular formula is C25H16F4N2O4. The Hall–Kier alpha value is -4.60. The Morgan fingerprint density at radius 3 is 2.14 bits per heavy atom. The lowest BCUT2D eigenvalue weighted by molar-refractivity contribution is -0.274. The number of alkyl halides is 3. The van der Waals surface area contributed by atoms with E-state index in [2.05, 4.69) is 10.1 Å². The second-order valence-corrected chi connectivity index (χ2v) is 7.19. The third-order valence-electron chi connectivity index (χ3n) is 4.75. The van der Waals surface area contributed by atoms with E-state index in [9.17, 15) is 27.2 Å². The van der Waals surface area contributed by atoms with Crippen molar-refractivity contribution in [1.29, 1.82) is 0 Å². The highest BCUT2D eigenvalue weighted by atomic mass is 19.4. The number of pyridine rings is 1. The van der Waals surface area contributed by atoms with E-state index in [4.69, 9.17) is 4.74 Å². The predicted molar refractivity (Wildman–Crippen MR) is 120 cm³/mol. The van der Waals surface area contributed by atoms with Crippen molar-refractivity contribution in [2.75, 3.05) is 5.32 Å². The molecule has 3 aromatic carbocycles. The zero-order chi connectivity index (χ0) is 25.0. The Labute approximate surface area is 196 Å². The minimum Gasteiger partial charge on any atom is -0.410 e. The first-order valence-corrected chi connectivity index (χ1v) is 10.1. The molecule has 35 heavy (non-hydrogen) atoms. The fourth-order valence-corrected chi connectivity index (χ4v) is 3.24. The first-order chi connectivity index (χ1) is 16.7. The van der Waals surface area contributed by atoms with Crippen LogP contribution in [-0.2, 0) is 0 Å². The molecule has 0 aliphatic carbocycles. The summed E-state index contributed by atoms with van der Waals surface area (Å²) in [7, 11) is 0. The van der Waals surface area contributed by atoms with Gasteiger partial charge in [-0.1, -0.05) is 30.3 Å². The smallest absolute Gasteiger partial charge is 0.410 e. The standard InChI is InChI=1S/C25H16F4N2O4/c26-17-8-6-16(7-9-17)21-15-31(18-10-12-20(13-11-18)35-25(27,28)29)23(32)14-22(21)30-24(33)34-19-4-2-1-3-5-19/h1-15H,(H,30,33). The van der Waals surface area contributed by atoms with Crippen molar-refractivity contribution < 1.29 is 31.8 Å². The van der Waals surface area contributed by atoms with Gasteiger partial charge in [-0.3, -0.25) is 14.7 Å². The molecule has 0 fully saturated rings. The molecule has 10 heteroatoms. The Morgan fingerprint density at radius 2 is 1.51 bits per heavy atom. The van der Waals surface area contributed by atoms with Gasteiger partial charge in [0.05, 0.1) is 5.69 Å². The number of anilines is 1. The first kappa shape index (κ1) is 23.6. The van der Waals surface area contributed by atoms with Gasteiger partial charge in [0.2, 0.25) is 0 Å². The lowest BCUT2D eigenvalue weighted by atomic mass is 10.1. The number of halogens is 4. The summed E-state index contributed by atoms with van der Waals surface area (Å²) < 4.78 is 61.0. The summed E-state index contributed by atoms with van der Waals surface area (Å²) in [6.45, 7) is 0. The highest BCUT2D eigenvalue weighted by Gasteiger charge is 2.31. The van der Waals surface area contributed by atoms with Gasteiger partial charge in [0.25, 0.3) is 5.56 Å². The van der Waals surface area contributed by atoms with Crippen molar-refractivity contribution in [3.05, 3.63) is 107 Å². The maximum absolute atomic E-state index is 13.5. The minimum absolute atomic E-state index is 0.0933. The lowest BCUT2D eigenvalue weighted by Gasteiger charge is -2.15. The number of amides is 1. The molecule has 178 valence electrons. The summed E-state index contributed by atoms with van der Waals surface area (Å²) >= 11 is 0. The molecule has 0 saturated heterocycles. The van der Waals surface area contributed by atoms with E-state index in [1.54, 1.807) is 30.3 Å². The molecule has 1 heterocycles. The number of benzene rings is 3. The van der Waals surface area contributed by atoms with Gasteiger partial charge in [0.15, 0.2) is 0 Å². The number of hydrogen-bond donors (Lipinski definition) is 1. The number of rotatable bonds is 5. The molecule has 4 rings (SSSR count). The molecule has 1 aromatic heterocycles. The largest absolute Gasteiger partial charge is 0.573 e. The van der Waals surface area contributed by atoms with Gasteiger partial charge in [-0.25, -0.2) is 9.18 Å². The van der Waals surface area contributed by atoms with Crippen molar-refractivity contribution in [2.24, 2.45) is 0 Å². The van der Waals surface area contributed by atoms with Crippen LogP contribution < -0.4 is 20.3 Å². The monoisotopic (exact) mass is 484 g/mol. The van der Waals surface area contributed by atoms with Gasteiger partial charge in [0, 0.05) is 23.5 Å². The van der Waals surface area contributed by atoms with Gasteiger partial charge < -0.3 is 9.47 Å². The van der Waals surface area contributed by atoms with Crippen molar-refractivity contribution in [3.8, 4) is 28.3 Å². The highest BCUT2D eigenvalue weighted by molar-refractivity contribution is 5.92. The molecule has 4 aromatic rings. The van der Waals surface area contributed by atoms with Crippen LogP contribution in [0.3, 0.4) is 0 Å². The summed E-state index contributed by atoms with van der Waals surface area (Å²) in [4.78, 5) is 25.3. The van der Waals surface area contributed by atoms with Gasteiger partial charge in [-0.15, -0.1) is 13.2 Å². The van der Waals surface area contributed by atoms with Crippen molar-refractivity contribution in [2.45, 2.75) is 6.36 Å². The Morgan fingerprint density at radius 1 is 0.857 bits per heavy atom. The van der Waals surface area contributed by atoms with E-state index in [1.165, 1.54) is 47.2 Å². The summed E-state index contributed by atoms with van der Waals surface area (Å²) in [5, 5.41) is 2.51. The molecule has 0 unspecified atom stereocenters. The molecular weight excluding hydrogens is 468 g/mol. The number of ether oxygens (including phenoxy) is 2. The van der Waals surface area contributed by atoms with Crippen molar-refractivity contribution in [3.63, 3.8) is 0 Å². The zero-order valence-electron chi connectivity index (χ0n) is 17.8. The van der Waals surface area contributed by atoms with E-state index >= 15 is 0 Å². The van der Waals surface area contributed by atoms with E-state index in [-0.39, 0.29) is 17.1 Å². The molecule has 0 aliphatic heterocycles. The fourth-order valence-electron chi connectivity index (χ4n) is 3.24. The van der Waals surface area contributed by atoms with E-state index in [0.717, 1.165) is 18.2 Å². The molecule has 0 bridgehead atoms. The number of para-hydroxylation sites is 1. The van der Waals surface area contributed by atoms with Gasteiger partial charge >= 0.3 is 12.5 Å². The summed E-state index contributed by atoms with van der Waals surface area (Å²) in [6.07, 6.45) is -4.33. The molecule has 1 amide bonds. The van der Waals surface area contributed by atoms with Crippen LogP contribution >= 0.6 is 0 Å². The SMILES string of the molecule is O=C(Nc1cc(=O)n(-c2ccc(OC(F)(F)F)cc2)cc1-c1ccc(F)cc1)Oc1ccccc1. The van der Waals surface area contributed by atoms with Crippen molar-refractivity contribution >= 4 is 11.8 Å². The maximum atomic E-state index is 13.5. The Bertz CT molecular complexity index is 1380. The average molecular weight is 484 g/mol. The Kier molecular flexibility index (Phi) is 6.54. The van der Waals surface area contributed by atoms with E-state index < -0.39 is 29.6 Å². The van der Waals surface area contributed by atoms with Gasteiger partial charge in [-0.2, -0.15) is 0 Å². The van der Waals surface area contributed by atoms with Crippen LogP contribution in [-0.4, -0.2) is 17.0 Å². The van der Waals surface area contributed by atoms with Crippen LogP contribution in [0.5, 0.6) is 11.5 Å². The quantitative estimate of drug-likeness (QED) is 0.345. The number of nitrogens with zero attached hydrogens (tertiary/aromatic N) is 1. The number of nitrogens with one attached hydrogen (secondary N) is 1. The molecule has 0 spiro atoms. The molecule has 0 atom stereocenters. The zero-order valence-corrected chi connectivity index (χ0v) is 17.8. The number of carbonyl (C=O) groups is 1. The minimum atomic E-state index is -4.85. The molecule has 6 nitrogen and oxygen atoms in total. The number of carbonyl (C=O) groups excluding carboxylic acids is 1. The van der Waals surface area contributed by atoms with Crippen LogP contribution in [0, 0.1) is 5.82 Å². The molecule has 0 aliphatic rings. The molecule has 1 N–H and O–H groups in total. The van der Waals surface area contributed by atoms with E-state index in [0.29, 0.717) is 11.1 Å². The third kappa shape index (κ3) is 6.05. The van der Waals surface area contributed by atoms with E-state index in [1.807, 2.05) is 0 Å². The van der Waals surface area contributed by atoms with Crippen LogP contribution in [0.15, 0.2) is 95.9 Å². The normalized spacial score (nSPS) is 11.1. The fraction of sp³-hybridized carbons (Fsp3) is 0.0400. The number of aromatic nitrogens is 1. The van der Waals surface area contributed by atoms with Gasteiger partial charge in [-0.05, 0) is 54.1 Å². The first-order valence-electron chi connectivity index (χ1n) is 10.1. The molecule has 0 radical (unpaired) electrons. The average Bonchev–Trinajstić information content (AvgIpc) is 2.80. The van der Waals surface area contributed by atoms with Gasteiger partial charge in [0.1, 0.15) is 17.3 Å². The highest BCUT2D eigenvalue weighted by Crippen LogP contribution is 2.29. The van der Waals surface area contributed by atoms with Crippen molar-refractivity contribution in [1.82, 2.24) is 4.57 Å². The lowest BCUT2D eigenvalue weighted by Crippen LogP contribution is -2.22. The van der Waals surface area contributed by atoms with Crippen LogP contribution in [0.4, 0.5) is 28.0 Å². The van der Waals surface area contributed by atoms with Crippen LogP contribution in [0.2, 0.25) is 0 Å². The maximum Gasteiger partial charge on any atom is 0.573 e. The number of hydrogen-bond acceptors (Lipinski definition) is 4. The summed E-state index contributed by atoms with van der Waals surface area (Å²) in [5.74, 6) is -0.654. The molecule has 0 saturated carbocycles. The summed E-state index contributed by atoms with van der Waals surface area (Å²) in [5.41, 5.74) is 0.551. The Balaban J connectivity index is 1.70. The predicted octanol–water partition coefficient (Wildman–Crippen LogP) is 6.15. The summed E-state index contributed by atoms with van der Waals surface area (Å²) in [6, 6.07) is 19.4. The third-order valence-corrected chi connectivity index (χ3v) is 4.75. The van der Waals surface area contributed by atoms with Crippen LogP contribution in [0.25, 0.3) is 16.8 Å². The second kappa shape index (κ2) is 9.72. The van der Waals surface area contributed by atoms with Crippen LogP contribution in [0.1, 0.15) is 0 Å². The second-order valence-electron chi connectivity index (χ2n) is 7.19.